The summed E-state index contributed by atoms with van der Waals surface area (Å²) in [5, 5.41) is 12.8. The smallest absolute Gasteiger partial charge is 0.112 e. The first-order valence-corrected chi connectivity index (χ1v) is 7.49. The summed E-state index contributed by atoms with van der Waals surface area (Å²) in [6, 6.07) is 4.05. The number of hydrogen-bond donors (Lipinski definition) is 2. The Kier molecular flexibility index (Phi) is 4.60. The standard InChI is InChI=1S/C15H20BrN3O/c1-15(2,3)13(5-7-20)19-11-4-6-17-12-8-10(16)9-18-14(11)12/h4,6,8-9,13,20H,5,7H2,1-3H3,(H,17,19). The van der Waals surface area contributed by atoms with E-state index in [1.54, 1.807) is 12.4 Å². The highest BCUT2D eigenvalue weighted by Gasteiger charge is 2.24. The van der Waals surface area contributed by atoms with E-state index >= 15 is 0 Å². The van der Waals surface area contributed by atoms with E-state index in [9.17, 15) is 5.11 Å². The van der Waals surface area contributed by atoms with E-state index in [4.69, 9.17) is 0 Å². The van der Waals surface area contributed by atoms with Crippen LogP contribution in [0.4, 0.5) is 5.69 Å². The molecule has 2 N–H and O–H groups in total. The summed E-state index contributed by atoms with van der Waals surface area (Å²) in [5.41, 5.74) is 2.70. The van der Waals surface area contributed by atoms with E-state index in [2.05, 4.69) is 52.0 Å². The molecule has 0 saturated heterocycles. The lowest BCUT2D eigenvalue weighted by molar-refractivity contribution is 0.235. The Morgan fingerprint density at radius 2 is 2.10 bits per heavy atom. The van der Waals surface area contributed by atoms with Gasteiger partial charge in [-0.25, -0.2) is 0 Å². The fourth-order valence-electron chi connectivity index (χ4n) is 2.16. The van der Waals surface area contributed by atoms with Crippen LogP contribution in [0.25, 0.3) is 11.0 Å². The maximum Gasteiger partial charge on any atom is 0.112 e. The van der Waals surface area contributed by atoms with Gasteiger partial charge >= 0.3 is 0 Å². The lowest BCUT2D eigenvalue weighted by Gasteiger charge is -2.32. The number of aliphatic hydroxyl groups excluding tert-OH is 1. The molecule has 1 atom stereocenters. The molecule has 0 radical (unpaired) electrons. The summed E-state index contributed by atoms with van der Waals surface area (Å²) < 4.78 is 0.914. The Morgan fingerprint density at radius 3 is 2.75 bits per heavy atom. The Morgan fingerprint density at radius 1 is 1.35 bits per heavy atom. The summed E-state index contributed by atoms with van der Waals surface area (Å²) >= 11 is 3.41. The normalized spacial score (nSPS) is 13.4. The molecule has 5 heteroatoms. The maximum atomic E-state index is 9.25. The Hall–Kier alpha value is -1.20. The third-order valence-corrected chi connectivity index (χ3v) is 3.77. The summed E-state index contributed by atoms with van der Waals surface area (Å²) in [6.45, 7) is 6.64. The summed E-state index contributed by atoms with van der Waals surface area (Å²) in [6.07, 6.45) is 4.24. The molecular formula is C15H20BrN3O. The molecule has 0 aliphatic carbocycles. The first kappa shape index (κ1) is 15.2. The molecule has 2 heterocycles. The molecule has 0 amide bonds. The van der Waals surface area contributed by atoms with E-state index in [1.165, 1.54) is 0 Å². The van der Waals surface area contributed by atoms with E-state index < -0.39 is 0 Å². The number of fused-ring (bicyclic) bond motifs is 1. The van der Waals surface area contributed by atoms with Gasteiger partial charge in [0.2, 0.25) is 0 Å². The second kappa shape index (κ2) is 6.06. The first-order valence-electron chi connectivity index (χ1n) is 6.69. The quantitative estimate of drug-likeness (QED) is 0.894. The zero-order valence-corrected chi connectivity index (χ0v) is 13.6. The van der Waals surface area contributed by atoms with Crippen molar-refractivity contribution in [3.05, 3.63) is 29.0 Å². The average molecular weight is 338 g/mol. The monoisotopic (exact) mass is 337 g/mol. The van der Waals surface area contributed by atoms with Crippen LogP contribution in [0.1, 0.15) is 27.2 Å². The van der Waals surface area contributed by atoms with Crippen molar-refractivity contribution in [3.63, 3.8) is 0 Å². The van der Waals surface area contributed by atoms with Gasteiger partial charge in [0.1, 0.15) is 5.52 Å². The van der Waals surface area contributed by atoms with Crippen LogP contribution in [0.15, 0.2) is 29.0 Å². The van der Waals surface area contributed by atoms with Crippen LogP contribution in [-0.2, 0) is 0 Å². The van der Waals surface area contributed by atoms with Gasteiger partial charge in [-0.15, -0.1) is 0 Å². The molecule has 1 unspecified atom stereocenters. The Bertz CT molecular complexity index is 595. The molecule has 108 valence electrons. The minimum Gasteiger partial charge on any atom is -0.396 e. The van der Waals surface area contributed by atoms with Gasteiger partial charge in [-0.2, -0.15) is 0 Å². The van der Waals surface area contributed by atoms with Crippen molar-refractivity contribution in [1.29, 1.82) is 0 Å². The van der Waals surface area contributed by atoms with Gasteiger partial charge in [0.15, 0.2) is 0 Å². The molecule has 20 heavy (non-hydrogen) atoms. The van der Waals surface area contributed by atoms with Gasteiger partial charge < -0.3 is 10.4 Å². The van der Waals surface area contributed by atoms with E-state index in [0.29, 0.717) is 6.42 Å². The number of hydrogen-bond acceptors (Lipinski definition) is 4. The zero-order chi connectivity index (χ0) is 14.8. The van der Waals surface area contributed by atoms with E-state index in [0.717, 1.165) is 21.2 Å². The molecule has 2 aromatic heterocycles. The summed E-state index contributed by atoms with van der Waals surface area (Å²) in [5.74, 6) is 0. The number of pyridine rings is 2. The number of aromatic nitrogens is 2. The third kappa shape index (κ3) is 3.46. The van der Waals surface area contributed by atoms with Crippen LogP contribution >= 0.6 is 15.9 Å². The molecule has 0 aliphatic rings. The van der Waals surface area contributed by atoms with Crippen LogP contribution in [-0.4, -0.2) is 27.7 Å². The average Bonchev–Trinajstić information content (AvgIpc) is 2.37. The second-order valence-corrected chi connectivity index (χ2v) is 6.87. The highest BCUT2D eigenvalue weighted by molar-refractivity contribution is 9.10. The van der Waals surface area contributed by atoms with Crippen LogP contribution in [0.2, 0.25) is 0 Å². The molecule has 0 fully saturated rings. The van der Waals surface area contributed by atoms with Crippen LogP contribution in [0.5, 0.6) is 0 Å². The Labute approximate surface area is 127 Å². The third-order valence-electron chi connectivity index (χ3n) is 3.34. The molecule has 2 rings (SSSR count). The van der Waals surface area contributed by atoms with Gasteiger partial charge in [-0.05, 0) is 39.9 Å². The summed E-state index contributed by atoms with van der Waals surface area (Å²) in [4.78, 5) is 8.78. The van der Waals surface area contributed by atoms with Crippen molar-refractivity contribution in [2.45, 2.75) is 33.2 Å². The van der Waals surface area contributed by atoms with Gasteiger partial charge in [0, 0.05) is 29.5 Å². The van der Waals surface area contributed by atoms with Crippen molar-refractivity contribution in [2.75, 3.05) is 11.9 Å². The molecule has 0 spiro atoms. The van der Waals surface area contributed by atoms with Crippen LogP contribution in [0, 0.1) is 5.41 Å². The van der Waals surface area contributed by atoms with Crippen LogP contribution < -0.4 is 5.32 Å². The fourth-order valence-corrected chi connectivity index (χ4v) is 2.48. The molecule has 2 aromatic rings. The van der Waals surface area contributed by atoms with Gasteiger partial charge in [0.05, 0.1) is 11.2 Å². The topological polar surface area (TPSA) is 58.0 Å². The second-order valence-electron chi connectivity index (χ2n) is 5.96. The van der Waals surface area contributed by atoms with Crippen molar-refractivity contribution in [2.24, 2.45) is 5.41 Å². The van der Waals surface area contributed by atoms with Crippen molar-refractivity contribution < 1.29 is 5.11 Å². The lowest BCUT2D eigenvalue weighted by Crippen LogP contribution is -2.35. The molecule has 0 bridgehead atoms. The number of nitrogens with one attached hydrogen (secondary N) is 1. The maximum absolute atomic E-state index is 9.25. The number of rotatable bonds is 4. The molecule has 0 aromatic carbocycles. The van der Waals surface area contributed by atoms with E-state index in [1.807, 2.05) is 12.1 Å². The van der Waals surface area contributed by atoms with Gasteiger partial charge in [-0.3, -0.25) is 9.97 Å². The lowest BCUT2D eigenvalue weighted by atomic mass is 9.84. The highest BCUT2D eigenvalue weighted by Crippen LogP contribution is 2.28. The molecule has 4 nitrogen and oxygen atoms in total. The predicted octanol–water partition coefficient (Wildman–Crippen LogP) is 3.60. The van der Waals surface area contributed by atoms with Crippen molar-refractivity contribution in [3.8, 4) is 0 Å². The molecule has 0 aliphatic heterocycles. The molecule has 0 saturated carbocycles. The summed E-state index contributed by atoms with van der Waals surface area (Å²) in [7, 11) is 0. The minimum atomic E-state index is 0.0493. The molecular weight excluding hydrogens is 318 g/mol. The van der Waals surface area contributed by atoms with Crippen molar-refractivity contribution >= 4 is 32.7 Å². The largest absolute Gasteiger partial charge is 0.396 e. The van der Waals surface area contributed by atoms with Gasteiger partial charge in [0.25, 0.3) is 0 Å². The minimum absolute atomic E-state index is 0.0493. The number of halogens is 1. The zero-order valence-electron chi connectivity index (χ0n) is 12.0. The Balaban J connectivity index is 2.37. The number of anilines is 1. The first-order chi connectivity index (χ1) is 9.41. The predicted molar refractivity (Wildman–Crippen MR) is 85.8 cm³/mol. The van der Waals surface area contributed by atoms with Crippen LogP contribution in [0.3, 0.4) is 0 Å². The number of nitrogens with zero attached hydrogens (tertiary/aromatic N) is 2. The SMILES string of the molecule is CC(C)(C)C(CCO)Nc1ccnc2cc(Br)cnc12. The van der Waals surface area contributed by atoms with E-state index in [-0.39, 0.29) is 18.1 Å². The number of aliphatic hydroxyl groups is 1. The fraction of sp³-hybridized carbons (Fsp3) is 0.467. The van der Waals surface area contributed by atoms with Crippen molar-refractivity contribution in [1.82, 2.24) is 9.97 Å². The van der Waals surface area contributed by atoms with Gasteiger partial charge in [-0.1, -0.05) is 20.8 Å². The highest BCUT2D eigenvalue weighted by atomic mass is 79.9.